The summed E-state index contributed by atoms with van der Waals surface area (Å²) in [4.78, 5) is 0. The third-order valence-corrected chi connectivity index (χ3v) is 2.26. The van der Waals surface area contributed by atoms with Crippen molar-refractivity contribution in [3.8, 4) is 0 Å². The van der Waals surface area contributed by atoms with E-state index in [-0.39, 0.29) is 12.6 Å². The summed E-state index contributed by atoms with van der Waals surface area (Å²) in [5.74, 6) is 0. The molecule has 5 heteroatoms. The highest BCUT2D eigenvalue weighted by Crippen LogP contribution is 2.14. The minimum atomic E-state index is -4.24. The summed E-state index contributed by atoms with van der Waals surface area (Å²) in [6, 6.07) is 9.80. The second kappa shape index (κ2) is 6.61. The maximum absolute atomic E-state index is 11.8. The molecule has 0 amide bonds. The molecule has 17 heavy (non-hydrogen) atoms. The fourth-order valence-corrected chi connectivity index (χ4v) is 1.40. The third-order valence-electron chi connectivity index (χ3n) is 2.26. The topological polar surface area (TPSA) is 21.3 Å². The Balaban J connectivity index is 2.15. The van der Waals surface area contributed by atoms with Crippen LogP contribution >= 0.6 is 0 Å². The van der Waals surface area contributed by atoms with Crippen molar-refractivity contribution in [1.82, 2.24) is 5.32 Å². The predicted molar refractivity (Wildman–Crippen MR) is 59.7 cm³/mol. The van der Waals surface area contributed by atoms with Gasteiger partial charge in [-0.3, -0.25) is 0 Å². The Morgan fingerprint density at radius 3 is 2.47 bits per heavy atom. The Morgan fingerprint density at radius 1 is 1.24 bits per heavy atom. The average Bonchev–Trinajstić information content (AvgIpc) is 2.28. The van der Waals surface area contributed by atoms with Crippen molar-refractivity contribution in [3.05, 3.63) is 35.9 Å². The van der Waals surface area contributed by atoms with Crippen molar-refractivity contribution in [1.29, 1.82) is 0 Å². The summed E-state index contributed by atoms with van der Waals surface area (Å²) in [5, 5.41) is 3.09. The van der Waals surface area contributed by atoms with Crippen LogP contribution in [0.3, 0.4) is 0 Å². The Morgan fingerprint density at radius 2 is 1.88 bits per heavy atom. The molecule has 1 N–H and O–H groups in total. The number of benzene rings is 1. The van der Waals surface area contributed by atoms with Crippen molar-refractivity contribution >= 4 is 0 Å². The van der Waals surface area contributed by atoms with Gasteiger partial charge in [-0.2, -0.15) is 13.2 Å². The molecule has 0 spiro atoms. The molecule has 0 aliphatic rings. The predicted octanol–water partition coefficient (Wildman–Crippen LogP) is 2.92. The lowest BCUT2D eigenvalue weighted by molar-refractivity contribution is -0.173. The molecule has 0 aliphatic carbocycles. The van der Waals surface area contributed by atoms with Gasteiger partial charge in [0.2, 0.25) is 0 Å². The van der Waals surface area contributed by atoms with Crippen LogP contribution in [-0.4, -0.2) is 25.9 Å². The van der Waals surface area contributed by atoms with Crippen LogP contribution in [0.15, 0.2) is 30.3 Å². The highest BCUT2D eigenvalue weighted by molar-refractivity contribution is 5.17. The van der Waals surface area contributed by atoms with E-state index in [1.54, 1.807) is 0 Å². The Bertz CT molecular complexity index is 313. The SMILES string of the molecule is CC(NCCOCC(F)(F)F)c1ccccc1. The zero-order chi connectivity index (χ0) is 12.7. The van der Waals surface area contributed by atoms with Gasteiger partial charge in [0, 0.05) is 12.6 Å². The summed E-state index contributed by atoms with van der Waals surface area (Å²) < 4.78 is 39.8. The fourth-order valence-electron chi connectivity index (χ4n) is 1.40. The van der Waals surface area contributed by atoms with E-state index in [1.807, 2.05) is 37.3 Å². The van der Waals surface area contributed by atoms with Gasteiger partial charge < -0.3 is 10.1 Å². The molecule has 0 radical (unpaired) electrons. The third kappa shape index (κ3) is 6.28. The first-order valence-corrected chi connectivity index (χ1v) is 5.42. The number of nitrogens with one attached hydrogen (secondary N) is 1. The van der Waals surface area contributed by atoms with Crippen molar-refractivity contribution in [2.75, 3.05) is 19.8 Å². The van der Waals surface area contributed by atoms with E-state index in [1.165, 1.54) is 0 Å². The normalized spacial score (nSPS) is 13.6. The second-order valence-corrected chi connectivity index (χ2v) is 3.75. The first kappa shape index (κ1) is 14.0. The number of hydrogen-bond donors (Lipinski definition) is 1. The zero-order valence-electron chi connectivity index (χ0n) is 9.63. The quantitative estimate of drug-likeness (QED) is 0.780. The van der Waals surface area contributed by atoms with E-state index < -0.39 is 12.8 Å². The first-order valence-electron chi connectivity index (χ1n) is 5.42. The lowest BCUT2D eigenvalue weighted by Gasteiger charge is -2.14. The van der Waals surface area contributed by atoms with E-state index in [2.05, 4.69) is 10.1 Å². The smallest absolute Gasteiger partial charge is 0.371 e. The van der Waals surface area contributed by atoms with E-state index in [0.717, 1.165) is 5.56 Å². The van der Waals surface area contributed by atoms with Crippen LogP contribution in [0, 0.1) is 0 Å². The number of alkyl halides is 3. The van der Waals surface area contributed by atoms with Crippen LogP contribution in [0.4, 0.5) is 13.2 Å². The highest BCUT2D eigenvalue weighted by Gasteiger charge is 2.27. The van der Waals surface area contributed by atoms with Crippen molar-refractivity contribution < 1.29 is 17.9 Å². The molecule has 2 nitrogen and oxygen atoms in total. The van der Waals surface area contributed by atoms with Gasteiger partial charge in [-0.15, -0.1) is 0 Å². The van der Waals surface area contributed by atoms with Crippen LogP contribution in [0.5, 0.6) is 0 Å². The summed E-state index contributed by atoms with van der Waals surface area (Å²) >= 11 is 0. The van der Waals surface area contributed by atoms with Gasteiger partial charge in [0.25, 0.3) is 0 Å². The monoisotopic (exact) mass is 247 g/mol. The first-order chi connectivity index (χ1) is 7.99. The van der Waals surface area contributed by atoms with Crippen molar-refractivity contribution in [2.24, 2.45) is 0 Å². The van der Waals surface area contributed by atoms with Crippen LogP contribution in [0.25, 0.3) is 0 Å². The molecule has 0 fully saturated rings. The average molecular weight is 247 g/mol. The Hall–Kier alpha value is -1.07. The molecule has 0 heterocycles. The number of halogens is 3. The summed E-state index contributed by atoms with van der Waals surface area (Å²) in [6.45, 7) is 1.22. The standard InChI is InChI=1S/C12H16F3NO/c1-10(11-5-3-2-4-6-11)16-7-8-17-9-12(13,14)15/h2-6,10,16H,7-9H2,1H3. The van der Waals surface area contributed by atoms with Gasteiger partial charge in [0.05, 0.1) is 6.61 Å². The van der Waals surface area contributed by atoms with Crippen LogP contribution in [0.2, 0.25) is 0 Å². The summed E-state index contributed by atoms with van der Waals surface area (Å²) in [6.07, 6.45) is -4.24. The molecule has 1 aromatic rings. The van der Waals surface area contributed by atoms with Gasteiger partial charge in [0.1, 0.15) is 6.61 Å². The minimum Gasteiger partial charge on any atom is -0.371 e. The van der Waals surface area contributed by atoms with Gasteiger partial charge in [-0.1, -0.05) is 30.3 Å². The number of hydrogen-bond acceptors (Lipinski definition) is 2. The zero-order valence-corrected chi connectivity index (χ0v) is 9.63. The molecule has 0 aliphatic heterocycles. The molecule has 0 bridgehead atoms. The molecule has 1 unspecified atom stereocenters. The van der Waals surface area contributed by atoms with E-state index in [4.69, 9.17) is 0 Å². The Labute approximate surface area is 98.8 Å². The lowest BCUT2D eigenvalue weighted by atomic mass is 10.1. The van der Waals surface area contributed by atoms with Gasteiger partial charge in [0.15, 0.2) is 0 Å². The van der Waals surface area contributed by atoms with Gasteiger partial charge >= 0.3 is 6.18 Å². The molecule has 1 aromatic carbocycles. The molecule has 0 saturated carbocycles. The van der Waals surface area contributed by atoms with Crippen LogP contribution in [-0.2, 0) is 4.74 Å². The molecule has 96 valence electrons. The van der Waals surface area contributed by atoms with Gasteiger partial charge in [-0.25, -0.2) is 0 Å². The number of rotatable bonds is 6. The van der Waals surface area contributed by atoms with Crippen LogP contribution in [0.1, 0.15) is 18.5 Å². The number of ether oxygens (including phenoxy) is 1. The fraction of sp³-hybridized carbons (Fsp3) is 0.500. The van der Waals surface area contributed by atoms with E-state index >= 15 is 0 Å². The lowest BCUT2D eigenvalue weighted by Crippen LogP contribution is -2.25. The largest absolute Gasteiger partial charge is 0.411 e. The maximum atomic E-state index is 11.8. The van der Waals surface area contributed by atoms with E-state index in [9.17, 15) is 13.2 Å². The van der Waals surface area contributed by atoms with E-state index in [0.29, 0.717) is 6.54 Å². The van der Waals surface area contributed by atoms with Gasteiger partial charge in [-0.05, 0) is 12.5 Å². The molecule has 1 rings (SSSR count). The Kier molecular flexibility index (Phi) is 5.44. The second-order valence-electron chi connectivity index (χ2n) is 3.75. The molecule has 0 aromatic heterocycles. The van der Waals surface area contributed by atoms with Crippen molar-refractivity contribution in [3.63, 3.8) is 0 Å². The molecular weight excluding hydrogens is 231 g/mol. The molecule has 0 saturated heterocycles. The highest BCUT2D eigenvalue weighted by atomic mass is 19.4. The maximum Gasteiger partial charge on any atom is 0.411 e. The summed E-state index contributed by atoms with van der Waals surface area (Å²) in [7, 11) is 0. The molecular formula is C12H16F3NO. The summed E-state index contributed by atoms with van der Waals surface area (Å²) in [5.41, 5.74) is 1.10. The van der Waals surface area contributed by atoms with Crippen LogP contribution < -0.4 is 5.32 Å². The molecule has 1 atom stereocenters. The minimum absolute atomic E-state index is 0.0523. The van der Waals surface area contributed by atoms with Crippen molar-refractivity contribution in [2.45, 2.75) is 19.1 Å².